The summed E-state index contributed by atoms with van der Waals surface area (Å²) < 4.78 is 10.9. The van der Waals surface area contributed by atoms with E-state index in [1.807, 2.05) is 24.3 Å². The molecule has 126 valence electrons. The molecule has 0 saturated heterocycles. The van der Waals surface area contributed by atoms with Crippen LogP contribution < -0.4 is 20.1 Å². The van der Waals surface area contributed by atoms with Crippen LogP contribution in [0.15, 0.2) is 46.9 Å². The van der Waals surface area contributed by atoms with E-state index in [2.05, 4.69) is 26.6 Å². The average Bonchev–Trinajstić information content (AvgIpc) is 2.60. The highest BCUT2D eigenvalue weighted by Crippen LogP contribution is 2.25. The zero-order chi connectivity index (χ0) is 17.5. The Balaban J connectivity index is 1.89. The van der Waals surface area contributed by atoms with Gasteiger partial charge in [-0.25, -0.2) is 0 Å². The van der Waals surface area contributed by atoms with Crippen LogP contribution in [0, 0.1) is 0 Å². The number of rotatable bonds is 5. The van der Waals surface area contributed by atoms with Gasteiger partial charge in [-0.1, -0.05) is 12.1 Å². The molecule has 7 heteroatoms. The topological polar surface area (TPSA) is 59.6 Å². The first kappa shape index (κ1) is 18.2. The van der Waals surface area contributed by atoms with E-state index in [0.717, 1.165) is 11.3 Å². The van der Waals surface area contributed by atoms with Crippen LogP contribution >= 0.6 is 28.1 Å². The Bertz CT molecular complexity index is 735. The minimum Gasteiger partial charge on any atom is -0.497 e. The smallest absolute Gasteiger partial charge is 0.257 e. The van der Waals surface area contributed by atoms with Crippen molar-refractivity contribution in [2.75, 3.05) is 14.2 Å². The second kappa shape index (κ2) is 8.65. The summed E-state index contributed by atoms with van der Waals surface area (Å²) in [7, 11) is 3.19. The maximum absolute atomic E-state index is 12.2. The van der Waals surface area contributed by atoms with Gasteiger partial charge in [0, 0.05) is 12.1 Å². The van der Waals surface area contributed by atoms with Crippen LogP contribution in [0.4, 0.5) is 0 Å². The number of nitrogens with one attached hydrogen (secondary N) is 2. The van der Waals surface area contributed by atoms with Crippen molar-refractivity contribution in [2.24, 2.45) is 0 Å². The molecule has 2 aromatic rings. The molecule has 0 aliphatic heterocycles. The van der Waals surface area contributed by atoms with Crippen LogP contribution in [0.1, 0.15) is 15.9 Å². The third-order valence-corrected chi connectivity index (χ3v) is 4.12. The molecule has 0 spiro atoms. The van der Waals surface area contributed by atoms with Crippen molar-refractivity contribution >= 4 is 39.2 Å². The van der Waals surface area contributed by atoms with Gasteiger partial charge in [0.1, 0.15) is 11.5 Å². The highest BCUT2D eigenvalue weighted by molar-refractivity contribution is 9.10. The molecule has 1 amide bonds. The lowest BCUT2D eigenvalue weighted by Crippen LogP contribution is -2.38. The van der Waals surface area contributed by atoms with Crippen molar-refractivity contribution in [2.45, 2.75) is 6.54 Å². The number of carbonyl (C=O) groups excluding carboxylic acids is 1. The van der Waals surface area contributed by atoms with Crippen molar-refractivity contribution in [3.63, 3.8) is 0 Å². The maximum Gasteiger partial charge on any atom is 0.257 e. The third-order valence-electron chi connectivity index (χ3n) is 3.25. The fourth-order valence-corrected chi connectivity index (χ4v) is 2.66. The predicted octanol–water partition coefficient (Wildman–Crippen LogP) is 3.27. The molecule has 5 nitrogen and oxygen atoms in total. The highest BCUT2D eigenvalue weighted by Gasteiger charge is 2.10. The predicted molar refractivity (Wildman–Crippen MR) is 101 cm³/mol. The first-order chi connectivity index (χ1) is 11.5. The van der Waals surface area contributed by atoms with Crippen LogP contribution in [0.25, 0.3) is 0 Å². The van der Waals surface area contributed by atoms with E-state index in [9.17, 15) is 4.79 Å². The molecule has 0 fully saturated rings. The number of amides is 1. The lowest BCUT2D eigenvalue weighted by molar-refractivity contribution is 0.0976. The highest BCUT2D eigenvalue weighted by atomic mass is 79.9. The SMILES string of the molecule is COc1ccc(CNC(=S)NC(=O)c2ccc(OC)c(Br)c2)cc1. The summed E-state index contributed by atoms with van der Waals surface area (Å²) in [6.07, 6.45) is 0. The Morgan fingerprint density at radius 1 is 1.12 bits per heavy atom. The molecule has 0 unspecified atom stereocenters. The Morgan fingerprint density at radius 2 is 1.83 bits per heavy atom. The summed E-state index contributed by atoms with van der Waals surface area (Å²) in [5.74, 6) is 1.16. The number of thiocarbonyl (C=S) groups is 1. The molecule has 2 N–H and O–H groups in total. The van der Waals surface area contributed by atoms with Gasteiger partial charge in [-0.2, -0.15) is 0 Å². The van der Waals surface area contributed by atoms with Crippen LogP contribution in [-0.2, 0) is 6.54 Å². The van der Waals surface area contributed by atoms with Gasteiger partial charge >= 0.3 is 0 Å². The number of methoxy groups -OCH3 is 2. The molecular formula is C17H17BrN2O3S. The Hall–Kier alpha value is -2.12. The fraction of sp³-hybridized carbons (Fsp3) is 0.176. The van der Waals surface area contributed by atoms with Crippen molar-refractivity contribution in [1.82, 2.24) is 10.6 Å². The first-order valence-electron chi connectivity index (χ1n) is 7.09. The molecule has 0 radical (unpaired) electrons. The van der Waals surface area contributed by atoms with Crippen LogP contribution in [0.5, 0.6) is 11.5 Å². The van der Waals surface area contributed by atoms with E-state index in [1.165, 1.54) is 0 Å². The Morgan fingerprint density at radius 3 is 2.42 bits per heavy atom. The van der Waals surface area contributed by atoms with Gasteiger partial charge in [0.15, 0.2) is 5.11 Å². The monoisotopic (exact) mass is 408 g/mol. The second-order valence-electron chi connectivity index (χ2n) is 4.83. The van der Waals surface area contributed by atoms with Gasteiger partial charge in [0.2, 0.25) is 0 Å². The quantitative estimate of drug-likeness (QED) is 0.743. The average molecular weight is 409 g/mol. The minimum absolute atomic E-state index is 0.266. The summed E-state index contributed by atoms with van der Waals surface area (Å²) in [6.45, 7) is 0.509. The molecule has 24 heavy (non-hydrogen) atoms. The molecule has 0 heterocycles. The molecule has 2 aromatic carbocycles. The number of halogens is 1. The number of benzene rings is 2. The van der Waals surface area contributed by atoms with Crippen LogP contribution in [-0.4, -0.2) is 25.2 Å². The van der Waals surface area contributed by atoms with Crippen LogP contribution in [0.2, 0.25) is 0 Å². The van der Waals surface area contributed by atoms with E-state index in [0.29, 0.717) is 22.3 Å². The minimum atomic E-state index is -0.286. The van der Waals surface area contributed by atoms with E-state index in [-0.39, 0.29) is 11.0 Å². The van der Waals surface area contributed by atoms with Gasteiger partial charge in [-0.3, -0.25) is 10.1 Å². The number of hydrogen-bond donors (Lipinski definition) is 2. The van der Waals surface area contributed by atoms with Gasteiger partial charge < -0.3 is 14.8 Å². The third kappa shape index (κ3) is 4.94. The van der Waals surface area contributed by atoms with Crippen molar-refractivity contribution in [3.05, 3.63) is 58.1 Å². The zero-order valence-electron chi connectivity index (χ0n) is 13.3. The summed E-state index contributed by atoms with van der Waals surface area (Å²) in [4.78, 5) is 12.2. The largest absolute Gasteiger partial charge is 0.497 e. The van der Waals surface area contributed by atoms with E-state index < -0.39 is 0 Å². The Kier molecular flexibility index (Phi) is 6.57. The lowest BCUT2D eigenvalue weighted by atomic mass is 10.2. The fourth-order valence-electron chi connectivity index (χ4n) is 1.95. The van der Waals surface area contributed by atoms with E-state index in [4.69, 9.17) is 21.7 Å². The summed E-state index contributed by atoms with van der Waals surface area (Å²) >= 11 is 8.51. The summed E-state index contributed by atoms with van der Waals surface area (Å²) in [5.41, 5.74) is 1.51. The molecule has 0 saturated carbocycles. The molecule has 0 aliphatic rings. The van der Waals surface area contributed by atoms with E-state index >= 15 is 0 Å². The van der Waals surface area contributed by atoms with Gasteiger partial charge in [-0.05, 0) is 64.0 Å². The van der Waals surface area contributed by atoms with Gasteiger partial charge in [-0.15, -0.1) is 0 Å². The number of hydrogen-bond acceptors (Lipinski definition) is 4. The number of carbonyl (C=O) groups is 1. The van der Waals surface area contributed by atoms with Gasteiger partial charge in [0.05, 0.1) is 18.7 Å². The van der Waals surface area contributed by atoms with E-state index in [1.54, 1.807) is 32.4 Å². The molecule has 0 aliphatic carbocycles. The maximum atomic E-state index is 12.2. The van der Waals surface area contributed by atoms with Crippen LogP contribution in [0.3, 0.4) is 0 Å². The van der Waals surface area contributed by atoms with Crippen molar-refractivity contribution in [3.8, 4) is 11.5 Å². The van der Waals surface area contributed by atoms with Crippen molar-refractivity contribution < 1.29 is 14.3 Å². The molecule has 2 rings (SSSR count). The zero-order valence-corrected chi connectivity index (χ0v) is 15.7. The van der Waals surface area contributed by atoms with Gasteiger partial charge in [0.25, 0.3) is 5.91 Å². The summed E-state index contributed by atoms with van der Waals surface area (Å²) in [6, 6.07) is 12.7. The number of ether oxygens (including phenoxy) is 2. The first-order valence-corrected chi connectivity index (χ1v) is 8.29. The molecule has 0 aromatic heterocycles. The molecule has 0 bridgehead atoms. The second-order valence-corrected chi connectivity index (χ2v) is 6.10. The lowest BCUT2D eigenvalue weighted by Gasteiger charge is -2.11. The molecular weight excluding hydrogens is 392 g/mol. The standard InChI is InChI=1S/C17H17BrN2O3S/c1-22-13-6-3-11(4-7-13)10-19-17(24)20-16(21)12-5-8-15(23-2)14(18)9-12/h3-9H,10H2,1-2H3,(H2,19,20,21,24). The molecule has 0 atom stereocenters. The Labute approximate surface area is 154 Å². The normalized spacial score (nSPS) is 9.96. The summed E-state index contributed by atoms with van der Waals surface area (Å²) in [5, 5.41) is 5.91. The van der Waals surface area contributed by atoms with Crippen molar-refractivity contribution in [1.29, 1.82) is 0 Å².